The van der Waals surface area contributed by atoms with Gasteiger partial charge in [0, 0.05) is 24.3 Å². The molecule has 88 valence electrons. The molecule has 4 heteroatoms. The van der Waals surface area contributed by atoms with Crippen LogP contribution in [0.2, 0.25) is 0 Å². The number of fused-ring (bicyclic) bond motifs is 2. The van der Waals surface area contributed by atoms with Crippen LogP contribution in [0, 0.1) is 11.3 Å². The van der Waals surface area contributed by atoms with E-state index in [4.69, 9.17) is 10.00 Å². The molecule has 1 aliphatic heterocycles. The van der Waals surface area contributed by atoms with Gasteiger partial charge in [-0.2, -0.15) is 5.26 Å². The topological polar surface area (TPSA) is 65.9 Å². The second kappa shape index (κ2) is 3.71. The molecule has 1 aromatic heterocycles. The number of hydrogen-bond donors (Lipinski definition) is 1. The molecule has 1 aromatic rings. The summed E-state index contributed by atoms with van der Waals surface area (Å²) in [5.41, 5.74) is 2.28. The van der Waals surface area contributed by atoms with Crippen molar-refractivity contribution in [3.05, 3.63) is 33.2 Å². The lowest BCUT2D eigenvalue weighted by Crippen LogP contribution is -2.33. The number of aromatic amines is 1. The molecular formula is C13H14N2O2. The van der Waals surface area contributed by atoms with E-state index in [0.29, 0.717) is 0 Å². The first-order valence-corrected chi connectivity index (χ1v) is 6.00. The molecule has 2 heterocycles. The molecule has 0 saturated carbocycles. The molecule has 0 bridgehead atoms. The lowest BCUT2D eigenvalue weighted by Gasteiger charge is -2.33. The second-order valence-electron chi connectivity index (χ2n) is 4.92. The molecule has 0 unspecified atom stereocenters. The highest BCUT2D eigenvalue weighted by molar-refractivity contribution is 5.40. The highest BCUT2D eigenvalue weighted by Crippen LogP contribution is 2.44. The molecule has 1 saturated heterocycles. The second-order valence-corrected chi connectivity index (χ2v) is 4.92. The Kier molecular flexibility index (Phi) is 2.30. The highest BCUT2D eigenvalue weighted by Gasteiger charge is 2.41. The molecule has 0 amide bonds. The monoisotopic (exact) mass is 230 g/mol. The summed E-state index contributed by atoms with van der Waals surface area (Å²) in [5.74, 6) is 0. The first kappa shape index (κ1) is 10.5. The minimum absolute atomic E-state index is 0.0979. The number of pyridine rings is 1. The maximum absolute atomic E-state index is 11.7. The quantitative estimate of drug-likeness (QED) is 0.729. The van der Waals surface area contributed by atoms with Gasteiger partial charge in [0.1, 0.15) is 11.6 Å². The molecule has 1 aliphatic carbocycles. The lowest BCUT2D eigenvalue weighted by molar-refractivity contribution is 0.0492. The van der Waals surface area contributed by atoms with Gasteiger partial charge in [0.2, 0.25) is 0 Å². The fourth-order valence-electron chi connectivity index (χ4n) is 3.09. The van der Waals surface area contributed by atoms with Gasteiger partial charge in [-0.25, -0.2) is 0 Å². The maximum Gasteiger partial charge on any atom is 0.266 e. The van der Waals surface area contributed by atoms with E-state index in [1.807, 2.05) is 6.07 Å². The zero-order valence-electron chi connectivity index (χ0n) is 9.58. The summed E-state index contributed by atoms with van der Waals surface area (Å²) in [6, 6.07) is 3.71. The van der Waals surface area contributed by atoms with E-state index in [0.717, 1.165) is 50.2 Å². The molecule has 0 radical (unpaired) electrons. The summed E-state index contributed by atoms with van der Waals surface area (Å²) in [5, 5.41) is 8.86. The van der Waals surface area contributed by atoms with Gasteiger partial charge in [-0.1, -0.05) is 0 Å². The van der Waals surface area contributed by atoms with Crippen molar-refractivity contribution < 1.29 is 4.74 Å². The summed E-state index contributed by atoms with van der Waals surface area (Å²) >= 11 is 0. The zero-order valence-corrected chi connectivity index (χ0v) is 9.58. The van der Waals surface area contributed by atoms with Crippen molar-refractivity contribution in [1.29, 1.82) is 5.26 Å². The minimum Gasteiger partial charge on any atom is -0.381 e. The number of nitriles is 1. The van der Waals surface area contributed by atoms with E-state index in [1.54, 1.807) is 6.07 Å². The van der Waals surface area contributed by atoms with Crippen LogP contribution in [0.4, 0.5) is 0 Å². The van der Waals surface area contributed by atoms with Gasteiger partial charge >= 0.3 is 0 Å². The van der Waals surface area contributed by atoms with Crippen molar-refractivity contribution in [2.24, 2.45) is 0 Å². The van der Waals surface area contributed by atoms with Crippen molar-refractivity contribution in [2.45, 2.75) is 31.1 Å². The van der Waals surface area contributed by atoms with Crippen molar-refractivity contribution in [3.8, 4) is 6.07 Å². The molecule has 0 atom stereocenters. The number of hydrogen-bond acceptors (Lipinski definition) is 3. The number of aryl methyl sites for hydroxylation is 1. The number of H-pyrrole nitrogens is 1. The van der Waals surface area contributed by atoms with Crippen LogP contribution in [0.3, 0.4) is 0 Å². The number of aromatic nitrogens is 1. The van der Waals surface area contributed by atoms with Crippen LogP contribution >= 0.6 is 0 Å². The number of rotatable bonds is 0. The van der Waals surface area contributed by atoms with Crippen LogP contribution in [0.15, 0.2) is 10.9 Å². The van der Waals surface area contributed by atoms with Crippen LogP contribution in [-0.2, 0) is 16.6 Å². The van der Waals surface area contributed by atoms with Crippen LogP contribution in [0.1, 0.15) is 36.1 Å². The Balaban J connectivity index is 2.11. The van der Waals surface area contributed by atoms with Gasteiger partial charge in [-0.15, -0.1) is 0 Å². The van der Waals surface area contributed by atoms with E-state index in [-0.39, 0.29) is 16.5 Å². The highest BCUT2D eigenvalue weighted by atomic mass is 16.5. The van der Waals surface area contributed by atoms with Gasteiger partial charge in [-0.05, 0) is 37.3 Å². The summed E-state index contributed by atoms with van der Waals surface area (Å²) in [6.07, 6.45) is 3.97. The number of nitrogens with one attached hydrogen (secondary N) is 1. The van der Waals surface area contributed by atoms with E-state index in [2.05, 4.69) is 4.98 Å². The molecule has 3 rings (SSSR count). The first-order valence-electron chi connectivity index (χ1n) is 6.00. The smallest absolute Gasteiger partial charge is 0.266 e. The van der Waals surface area contributed by atoms with Crippen LogP contribution in [-0.4, -0.2) is 18.2 Å². The SMILES string of the molecule is N#Cc1cc2c([nH]c1=O)C1(CCOCC1)CC2. The Bertz CT molecular complexity index is 548. The molecular weight excluding hydrogens is 216 g/mol. The van der Waals surface area contributed by atoms with Crippen molar-refractivity contribution in [3.63, 3.8) is 0 Å². The first-order chi connectivity index (χ1) is 8.25. The fourth-order valence-corrected chi connectivity index (χ4v) is 3.09. The summed E-state index contributed by atoms with van der Waals surface area (Å²) in [7, 11) is 0. The third kappa shape index (κ3) is 1.50. The van der Waals surface area contributed by atoms with Crippen LogP contribution < -0.4 is 5.56 Å². The van der Waals surface area contributed by atoms with Crippen molar-refractivity contribution in [1.82, 2.24) is 4.98 Å². The molecule has 1 N–H and O–H groups in total. The minimum atomic E-state index is -0.251. The largest absolute Gasteiger partial charge is 0.381 e. The summed E-state index contributed by atoms with van der Waals surface area (Å²) in [6.45, 7) is 1.53. The summed E-state index contributed by atoms with van der Waals surface area (Å²) in [4.78, 5) is 14.7. The van der Waals surface area contributed by atoms with E-state index in [9.17, 15) is 4.79 Å². The average molecular weight is 230 g/mol. The Hall–Kier alpha value is -1.60. The van der Waals surface area contributed by atoms with E-state index in [1.165, 1.54) is 0 Å². The predicted octanol–water partition coefficient (Wildman–Crippen LogP) is 1.24. The average Bonchev–Trinajstić information content (AvgIpc) is 2.68. The Morgan fingerprint density at radius 2 is 2.12 bits per heavy atom. The van der Waals surface area contributed by atoms with Crippen LogP contribution in [0.5, 0.6) is 0 Å². The number of nitrogens with zero attached hydrogens (tertiary/aromatic N) is 1. The summed E-state index contributed by atoms with van der Waals surface area (Å²) < 4.78 is 5.40. The molecule has 2 aliphatic rings. The fraction of sp³-hybridized carbons (Fsp3) is 0.538. The zero-order chi connectivity index (χ0) is 11.9. The van der Waals surface area contributed by atoms with Gasteiger partial charge in [-0.3, -0.25) is 4.79 Å². The van der Waals surface area contributed by atoms with Gasteiger partial charge in [0.05, 0.1) is 0 Å². The molecule has 1 spiro atoms. The van der Waals surface area contributed by atoms with Crippen molar-refractivity contribution in [2.75, 3.05) is 13.2 Å². The molecule has 4 nitrogen and oxygen atoms in total. The van der Waals surface area contributed by atoms with Gasteiger partial charge in [0.15, 0.2) is 0 Å². The van der Waals surface area contributed by atoms with E-state index >= 15 is 0 Å². The molecule has 17 heavy (non-hydrogen) atoms. The van der Waals surface area contributed by atoms with Crippen molar-refractivity contribution >= 4 is 0 Å². The van der Waals surface area contributed by atoms with E-state index < -0.39 is 0 Å². The molecule has 0 aromatic carbocycles. The van der Waals surface area contributed by atoms with Gasteiger partial charge in [0.25, 0.3) is 5.56 Å². The standard InChI is InChI=1S/C13H14N2O2/c14-8-10-7-9-1-2-13(3-5-17-6-4-13)11(9)15-12(10)16/h7H,1-6H2,(H,15,16). The third-order valence-electron chi connectivity index (χ3n) is 4.10. The normalized spacial score (nSPS) is 21.1. The predicted molar refractivity (Wildman–Crippen MR) is 61.8 cm³/mol. The number of ether oxygens (including phenoxy) is 1. The third-order valence-corrected chi connectivity index (χ3v) is 4.10. The Morgan fingerprint density at radius 1 is 1.35 bits per heavy atom. The Morgan fingerprint density at radius 3 is 2.82 bits per heavy atom. The molecule has 1 fully saturated rings. The van der Waals surface area contributed by atoms with Crippen LogP contribution in [0.25, 0.3) is 0 Å². The maximum atomic E-state index is 11.7. The Labute approximate surface area is 99.2 Å². The lowest BCUT2D eigenvalue weighted by atomic mass is 9.78. The van der Waals surface area contributed by atoms with Gasteiger partial charge < -0.3 is 9.72 Å².